The molecule has 0 unspecified atom stereocenters. The average molecular weight is 335 g/mol. The average Bonchev–Trinajstić information content (AvgIpc) is 2.89. The van der Waals surface area contributed by atoms with Crippen LogP contribution in [-0.4, -0.2) is 4.98 Å². The molecule has 0 radical (unpaired) electrons. The van der Waals surface area contributed by atoms with Crippen LogP contribution in [0, 0.1) is 6.92 Å². The fourth-order valence-corrected chi connectivity index (χ4v) is 4.52. The maximum Gasteiger partial charge on any atom is 0.0780 e. The van der Waals surface area contributed by atoms with Crippen molar-refractivity contribution < 1.29 is 0 Å². The van der Waals surface area contributed by atoms with Gasteiger partial charge in [0.1, 0.15) is 0 Å². The highest BCUT2D eigenvalue weighted by atomic mass is 14.7. The van der Waals surface area contributed by atoms with Crippen molar-refractivity contribution >= 4 is 10.8 Å². The topological polar surface area (TPSA) is 12.9 Å². The van der Waals surface area contributed by atoms with Crippen molar-refractivity contribution in [2.45, 2.75) is 26.2 Å². The summed E-state index contributed by atoms with van der Waals surface area (Å²) in [6.45, 7) is 6.89. The van der Waals surface area contributed by atoms with Gasteiger partial charge in [0.2, 0.25) is 0 Å². The molecule has 126 valence electrons. The molecule has 0 spiro atoms. The third-order valence-electron chi connectivity index (χ3n) is 5.83. The van der Waals surface area contributed by atoms with Gasteiger partial charge < -0.3 is 0 Å². The Morgan fingerprint density at radius 3 is 2.46 bits per heavy atom. The predicted octanol–water partition coefficient (Wildman–Crippen LogP) is 6.52. The van der Waals surface area contributed by atoms with Crippen molar-refractivity contribution in [1.29, 1.82) is 0 Å². The van der Waals surface area contributed by atoms with Crippen molar-refractivity contribution in [1.82, 2.24) is 4.98 Å². The van der Waals surface area contributed by atoms with E-state index in [-0.39, 0.29) is 5.41 Å². The van der Waals surface area contributed by atoms with E-state index in [1.165, 1.54) is 44.2 Å². The van der Waals surface area contributed by atoms with Gasteiger partial charge >= 0.3 is 0 Å². The molecule has 1 nitrogen and oxygen atoms in total. The van der Waals surface area contributed by atoms with Crippen LogP contribution in [0.5, 0.6) is 0 Å². The maximum absolute atomic E-state index is 4.74. The summed E-state index contributed by atoms with van der Waals surface area (Å²) < 4.78 is 0. The molecule has 0 aliphatic heterocycles. The Kier molecular flexibility index (Phi) is 3.12. The molecule has 0 saturated heterocycles. The van der Waals surface area contributed by atoms with E-state index in [0.29, 0.717) is 0 Å². The maximum atomic E-state index is 4.74. The SMILES string of the molecule is Cc1cc(-c2nccc3ccccc23)cc2c1-c1ccccc1C2(C)C. The Morgan fingerprint density at radius 1 is 0.808 bits per heavy atom. The van der Waals surface area contributed by atoms with Gasteiger partial charge in [-0.2, -0.15) is 0 Å². The minimum Gasteiger partial charge on any atom is -0.256 e. The standard InChI is InChI=1S/C25H21N/c1-16-14-18(24-19-9-5-4-8-17(19)12-13-26-24)15-22-23(16)20-10-6-7-11-21(20)25(22,2)3/h4-15H,1-3H3. The zero-order valence-corrected chi connectivity index (χ0v) is 15.4. The van der Waals surface area contributed by atoms with Crippen LogP contribution in [0.4, 0.5) is 0 Å². The molecule has 0 saturated carbocycles. The summed E-state index contributed by atoms with van der Waals surface area (Å²) >= 11 is 0. The zero-order chi connectivity index (χ0) is 17.9. The molecule has 0 atom stereocenters. The molecule has 0 N–H and O–H groups in total. The van der Waals surface area contributed by atoms with Crippen molar-refractivity contribution in [3.05, 3.63) is 89.6 Å². The second-order valence-corrected chi connectivity index (χ2v) is 7.77. The van der Waals surface area contributed by atoms with Crippen LogP contribution < -0.4 is 0 Å². The van der Waals surface area contributed by atoms with Crippen LogP contribution in [0.2, 0.25) is 0 Å². The Morgan fingerprint density at radius 2 is 1.58 bits per heavy atom. The lowest BCUT2D eigenvalue weighted by molar-refractivity contribution is 0.660. The van der Waals surface area contributed by atoms with Gasteiger partial charge in [0.05, 0.1) is 5.69 Å². The molecule has 0 fully saturated rings. The Labute approximate surface area is 154 Å². The van der Waals surface area contributed by atoms with Gasteiger partial charge in [-0.3, -0.25) is 4.98 Å². The number of fused-ring (bicyclic) bond motifs is 4. The fourth-order valence-electron chi connectivity index (χ4n) is 4.52. The van der Waals surface area contributed by atoms with Gasteiger partial charge in [-0.05, 0) is 58.3 Å². The highest BCUT2D eigenvalue weighted by Crippen LogP contribution is 2.51. The molecule has 0 amide bonds. The van der Waals surface area contributed by atoms with Gasteiger partial charge in [-0.15, -0.1) is 0 Å². The summed E-state index contributed by atoms with van der Waals surface area (Å²) in [4.78, 5) is 4.74. The number of nitrogens with zero attached hydrogens (tertiary/aromatic N) is 1. The van der Waals surface area contributed by atoms with Crippen molar-refractivity contribution in [3.8, 4) is 22.4 Å². The van der Waals surface area contributed by atoms with E-state index in [0.717, 1.165) is 5.69 Å². The normalized spacial score (nSPS) is 14.3. The molecule has 0 bridgehead atoms. The molecular formula is C25H21N. The number of aryl methyl sites for hydroxylation is 1. The Balaban J connectivity index is 1.81. The van der Waals surface area contributed by atoms with E-state index < -0.39 is 0 Å². The highest BCUT2D eigenvalue weighted by molar-refractivity contribution is 5.96. The van der Waals surface area contributed by atoms with E-state index in [1.807, 2.05) is 6.20 Å². The minimum atomic E-state index is 0.0112. The molecule has 3 aromatic carbocycles. The van der Waals surface area contributed by atoms with E-state index in [1.54, 1.807) is 0 Å². The monoisotopic (exact) mass is 335 g/mol. The van der Waals surface area contributed by atoms with Gasteiger partial charge in [-0.1, -0.05) is 62.4 Å². The molecule has 4 aromatic rings. The molecule has 1 heteroatoms. The lowest BCUT2D eigenvalue weighted by Crippen LogP contribution is -2.15. The largest absolute Gasteiger partial charge is 0.256 e. The predicted molar refractivity (Wildman–Crippen MR) is 109 cm³/mol. The van der Waals surface area contributed by atoms with Gasteiger partial charge in [0, 0.05) is 22.6 Å². The number of aromatic nitrogens is 1. The smallest absolute Gasteiger partial charge is 0.0780 e. The summed E-state index contributed by atoms with van der Waals surface area (Å²) in [6.07, 6.45) is 1.92. The van der Waals surface area contributed by atoms with Crippen LogP contribution >= 0.6 is 0 Å². The second-order valence-electron chi connectivity index (χ2n) is 7.77. The Bertz CT molecular complexity index is 1160. The van der Waals surface area contributed by atoms with E-state index in [2.05, 4.69) is 87.5 Å². The molecule has 5 rings (SSSR count). The van der Waals surface area contributed by atoms with Crippen molar-refractivity contribution in [2.75, 3.05) is 0 Å². The van der Waals surface area contributed by atoms with E-state index >= 15 is 0 Å². The van der Waals surface area contributed by atoms with Gasteiger partial charge in [0.15, 0.2) is 0 Å². The van der Waals surface area contributed by atoms with Gasteiger partial charge in [0.25, 0.3) is 0 Å². The summed E-state index contributed by atoms with van der Waals surface area (Å²) in [5.74, 6) is 0. The minimum absolute atomic E-state index is 0.0112. The number of rotatable bonds is 1. The first kappa shape index (κ1) is 15.3. The van der Waals surface area contributed by atoms with E-state index in [4.69, 9.17) is 4.98 Å². The van der Waals surface area contributed by atoms with Crippen molar-refractivity contribution in [3.63, 3.8) is 0 Å². The first-order valence-corrected chi connectivity index (χ1v) is 9.16. The van der Waals surface area contributed by atoms with Crippen LogP contribution in [-0.2, 0) is 5.41 Å². The number of pyridine rings is 1. The first-order chi connectivity index (χ1) is 12.6. The van der Waals surface area contributed by atoms with Crippen LogP contribution in [0.1, 0.15) is 30.5 Å². The lowest BCUT2D eigenvalue weighted by Gasteiger charge is -2.22. The van der Waals surface area contributed by atoms with Crippen LogP contribution in [0.3, 0.4) is 0 Å². The third-order valence-corrected chi connectivity index (χ3v) is 5.83. The molecule has 1 heterocycles. The quantitative estimate of drug-likeness (QED) is 0.386. The summed E-state index contributed by atoms with van der Waals surface area (Å²) in [5, 5.41) is 2.45. The van der Waals surface area contributed by atoms with Crippen LogP contribution in [0.25, 0.3) is 33.2 Å². The molecule has 1 aliphatic rings. The van der Waals surface area contributed by atoms with Crippen molar-refractivity contribution in [2.24, 2.45) is 0 Å². The second kappa shape index (κ2) is 5.28. The fraction of sp³-hybridized carbons (Fsp3) is 0.160. The van der Waals surface area contributed by atoms with E-state index in [9.17, 15) is 0 Å². The Hall–Kier alpha value is -2.93. The summed E-state index contributed by atoms with van der Waals surface area (Å²) in [7, 11) is 0. The first-order valence-electron chi connectivity index (χ1n) is 9.16. The summed E-state index contributed by atoms with van der Waals surface area (Å²) in [5.41, 5.74) is 9.21. The third kappa shape index (κ3) is 2.00. The molecule has 26 heavy (non-hydrogen) atoms. The van der Waals surface area contributed by atoms with Crippen LogP contribution in [0.15, 0.2) is 72.9 Å². The number of hydrogen-bond donors (Lipinski definition) is 0. The highest BCUT2D eigenvalue weighted by Gasteiger charge is 2.36. The summed E-state index contributed by atoms with van der Waals surface area (Å²) in [6, 6.07) is 24.0. The zero-order valence-electron chi connectivity index (χ0n) is 15.4. The molecular weight excluding hydrogens is 314 g/mol. The van der Waals surface area contributed by atoms with Gasteiger partial charge in [-0.25, -0.2) is 0 Å². The molecule has 1 aromatic heterocycles. The lowest BCUT2D eigenvalue weighted by atomic mass is 9.81. The number of benzene rings is 3. The molecule has 1 aliphatic carbocycles. The number of hydrogen-bond acceptors (Lipinski definition) is 1.